The number of hydrogen-bond acceptors (Lipinski definition) is 15. The smallest absolute Gasteiger partial charge is 0.397 e. The molecule has 81 heavy (non-hydrogen) atoms. The molecule has 0 aliphatic carbocycles. The molecular weight excluding hydrogens is 1080 g/mol. The molecule has 0 aromatic heterocycles. The van der Waals surface area contributed by atoms with E-state index < -0.39 is 101 Å². The highest BCUT2D eigenvalue weighted by molar-refractivity contribution is 7.81. The molecule has 3 N–H and O–H groups in total. The Hall–Kier alpha value is -5.06. The summed E-state index contributed by atoms with van der Waals surface area (Å²) in [7, 11) is -10.8. The van der Waals surface area contributed by atoms with E-state index in [0.29, 0.717) is 12.8 Å². The lowest BCUT2D eigenvalue weighted by molar-refractivity contribution is -0.296. The number of hydrogen-bond donors (Lipinski definition) is 3. The minimum atomic E-state index is -5.52. The molecule has 1 aliphatic heterocycles. The first-order chi connectivity index (χ1) is 39.1. The first-order valence-electron chi connectivity index (χ1n) is 29.4. The van der Waals surface area contributed by atoms with Gasteiger partial charge in [0.15, 0.2) is 18.5 Å². The van der Waals surface area contributed by atoms with Gasteiger partial charge in [-0.15, -0.1) is 0 Å². The lowest BCUT2D eigenvalue weighted by Gasteiger charge is -2.44. The Morgan fingerprint density at radius 2 is 0.963 bits per heavy atom. The van der Waals surface area contributed by atoms with Gasteiger partial charge in [0.2, 0.25) is 5.91 Å². The normalized spacial score (nSPS) is 18.2. The summed E-state index contributed by atoms with van der Waals surface area (Å²) in [6, 6.07) is 21.9. The van der Waals surface area contributed by atoms with Crippen LogP contribution in [0.25, 0.3) is 0 Å². The molecule has 3 aromatic rings. The number of carbonyl (C=O) groups excluding carboxylic acids is 4. The number of carbonyl (C=O) groups is 4. The van der Waals surface area contributed by atoms with Crippen LogP contribution in [-0.4, -0.2) is 106 Å². The lowest BCUT2D eigenvalue weighted by Crippen LogP contribution is -2.63. The maximum absolute atomic E-state index is 14.1. The van der Waals surface area contributed by atoms with Crippen LogP contribution in [0.5, 0.6) is 0 Å². The summed E-state index contributed by atoms with van der Waals surface area (Å²) in [6.45, 7) is 2.60. The average molecular weight is 1170 g/mol. The van der Waals surface area contributed by atoms with Gasteiger partial charge in [-0.2, -0.15) is 16.8 Å². The molecule has 1 amide bonds. The van der Waals surface area contributed by atoms with Gasteiger partial charge in [0.05, 0.1) is 35.9 Å². The van der Waals surface area contributed by atoms with Crippen molar-refractivity contribution in [2.45, 2.75) is 224 Å². The molecule has 1 heterocycles. The lowest BCUT2D eigenvalue weighted by atomic mass is 9.98. The number of allylic oxidation sites excluding steroid dienone is 1. The maximum atomic E-state index is 14.1. The molecule has 18 nitrogen and oxygen atoms in total. The topological polar surface area (TPSA) is 254 Å². The van der Waals surface area contributed by atoms with Gasteiger partial charge in [-0.25, -0.2) is 22.7 Å². The zero-order chi connectivity index (χ0) is 58.6. The first kappa shape index (κ1) is 68.4. The summed E-state index contributed by atoms with van der Waals surface area (Å²) in [6.07, 6.45) is 19.8. The minimum Gasteiger partial charge on any atom is -0.452 e. The zero-order valence-electron chi connectivity index (χ0n) is 47.5. The Balaban J connectivity index is 1.66. The fourth-order valence-corrected chi connectivity index (χ4v) is 10.3. The largest absolute Gasteiger partial charge is 0.452 e. The Morgan fingerprint density at radius 3 is 1.41 bits per heavy atom. The van der Waals surface area contributed by atoms with E-state index in [1.54, 1.807) is 48.5 Å². The molecular formula is C61H89NO17S2. The fourth-order valence-electron chi connectivity index (χ4n) is 9.53. The summed E-state index contributed by atoms with van der Waals surface area (Å²) in [4.78, 5) is 55.8. The van der Waals surface area contributed by atoms with E-state index in [1.165, 1.54) is 145 Å². The average Bonchev–Trinajstić information content (AvgIpc) is 3.49. The number of nitrogens with one attached hydrogen (secondary N) is 1. The van der Waals surface area contributed by atoms with Crippen LogP contribution in [0.4, 0.5) is 0 Å². The second-order valence-corrected chi connectivity index (χ2v) is 22.8. The molecule has 20 heteroatoms. The second kappa shape index (κ2) is 39.4. The van der Waals surface area contributed by atoms with Gasteiger partial charge in [0.1, 0.15) is 18.3 Å². The van der Waals surface area contributed by atoms with E-state index in [4.69, 9.17) is 27.9 Å². The van der Waals surface area contributed by atoms with E-state index in [9.17, 15) is 45.1 Å². The predicted octanol–water partition coefficient (Wildman–Crippen LogP) is 12.6. The van der Waals surface area contributed by atoms with Gasteiger partial charge in [-0.05, 0) is 61.7 Å². The van der Waals surface area contributed by atoms with Gasteiger partial charge < -0.3 is 29.0 Å². The molecule has 1 aliphatic rings. The van der Waals surface area contributed by atoms with Crippen molar-refractivity contribution >= 4 is 44.6 Å². The van der Waals surface area contributed by atoms with Crippen LogP contribution in [0.1, 0.15) is 212 Å². The molecule has 1 fully saturated rings. The van der Waals surface area contributed by atoms with E-state index in [1.807, 2.05) is 6.08 Å². The first-order valence-corrected chi connectivity index (χ1v) is 32.1. The Morgan fingerprint density at radius 1 is 0.543 bits per heavy atom. The van der Waals surface area contributed by atoms with Crippen molar-refractivity contribution < 1.29 is 77.2 Å². The quantitative estimate of drug-likeness (QED) is 0.0156. The molecule has 0 bridgehead atoms. The van der Waals surface area contributed by atoms with Crippen LogP contribution in [-0.2, 0) is 57.6 Å². The van der Waals surface area contributed by atoms with Gasteiger partial charge in [0.25, 0.3) is 0 Å². The Kier molecular flexibility index (Phi) is 33.3. The molecule has 3 aromatic carbocycles. The molecule has 0 radical (unpaired) electrons. The maximum Gasteiger partial charge on any atom is 0.397 e. The molecule has 1 saturated heterocycles. The van der Waals surface area contributed by atoms with Crippen molar-refractivity contribution in [3.8, 4) is 0 Å². The van der Waals surface area contributed by atoms with Crippen molar-refractivity contribution in [1.82, 2.24) is 5.32 Å². The highest BCUT2D eigenvalue weighted by Gasteiger charge is 2.54. The van der Waals surface area contributed by atoms with Crippen molar-refractivity contribution in [2.75, 3.05) is 13.2 Å². The standard InChI is InChI=1S/C61H89NO17S2/c1-3-5-7-9-11-13-15-17-19-21-23-25-36-44-52(75-58(64)48-38-30-27-31-39-48)51(62-54(63)45-37-26-24-22-20-18-16-14-12-10-8-6-4-2)46-73-61-57(78-60(66)50-42-34-29-35-43-50)56(77-59(65)49-40-32-28-33-41-49)55(79-81(70,71)72)53(76-61)47-74-80(67,68)69/h27-36,38-44,51-53,55-57,61H,3-26,37,45-47H2,1-2H3,(H,62,63)(H,67,68,69)(H,70,71,72)/b44-36+/t51-,52+,53+,55+,56-,57-,61-/m0/s1. The number of rotatable bonds is 43. The zero-order valence-corrected chi connectivity index (χ0v) is 49.1. The highest BCUT2D eigenvalue weighted by Crippen LogP contribution is 2.32. The van der Waals surface area contributed by atoms with Crippen molar-refractivity contribution in [3.05, 3.63) is 120 Å². The molecule has 0 spiro atoms. The third kappa shape index (κ3) is 29.2. The monoisotopic (exact) mass is 1170 g/mol. The van der Waals surface area contributed by atoms with Crippen LogP contribution in [0, 0.1) is 0 Å². The van der Waals surface area contributed by atoms with Gasteiger partial charge in [-0.3, -0.25) is 13.9 Å². The summed E-state index contributed by atoms with van der Waals surface area (Å²) in [5, 5.41) is 2.98. The summed E-state index contributed by atoms with van der Waals surface area (Å²) in [5.74, 6) is -3.30. The van der Waals surface area contributed by atoms with Crippen molar-refractivity contribution in [1.29, 1.82) is 0 Å². The summed E-state index contributed by atoms with van der Waals surface area (Å²) in [5.41, 5.74) is 0.125. The number of ether oxygens (including phenoxy) is 5. The third-order valence-electron chi connectivity index (χ3n) is 14.0. The van der Waals surface area contributed by atoms with Crippen LogP contribution < -0.4 is 5.32 Å². The molecule has 0 unspecified atom stereocenters. The van der Waals surface area contributed by atoms with Crippen LogP contribution in [0.3, 0.4) is 0 Å². The van der Waals surface area contributed by atoms with E-state index in [2.05, 4.69) is 23.3 Å². The molecule has 452 valence electrons. The summed E-state index contributed by atoms with van der Waals surface area (Å²) < 4.78 is 109. The van der Waals surface area contributed by atoms with Crippen molar-refractivity contribution in [3.63, 3.8) is 0 Å². The van der Waals surface area contributed by atoms with E-state index >= 15 is 0 Å². The van der Waals surface area contributed by atoms with Crippen LogP contribution in [0.15, 0.2) is 103 Å². The minimum absolute atomic E-state index is 0.0254. The SMILES string of the molecule is CCCCCCCCCCCCC/C=C/[C@@H](OC(=O)c1ccccc1)[C@H](CO[C@H]1O[C@H](COS(=O)(=O)O)[C@@H](OS(=O)(=O)O)[C@H](OC(=O)c2ccccc2)[C@@H]1OC(=O)c1ccccc1)NC(=O)CCCCCCCCCCCCCCC. The fraction of sp³-hybridized carbons (Fsp3) is 0.607. The van der Waals surface area contributed by atoms with E-state index in [0.717, 1.165) is 51.4 Å². The number of benzene rings is 3. The predicted molar refractivity (Wildman–Crippen MR) is 308 cm³/mol. The number of unbranched alkanes of at least 4 members (excludes halogenated alkanes) is 23. The molecule has 4 rings (SSSR count). The summed E-state index contributed by atoms with van der Waals surface area (Å²) >= 11 is 0. The van der Waals surface area contributed by atoms with Gasteiger partial charge >= 0.3 is 38.7 Å². The van der Waals surface area contributed by atoms with Crippen LogP contribution in [0.2, 0.25) is 0 Å². The number of amides is 1. The van der Waals surface area contributed by atoms with Gasteiger partial charge in [-0.1, -0.05) is 216 Å². The Bertz CT molecular complexity index is 2480. The van der Waals surface area contributed by atoms with Crippen LogP contribution >= 0.6 is 0 Å². The van der Waals surface area contributed by atoms with Crippen molar-refractivity contribution in [2.24, 2.45) is 0 Å². The number of esters is 3. The second-order valence-electron chi connectivity index (χ2n) is 20.7. The Labute approximate surface area is 481 Å². The molecule has 7 atom stereocenters. The molecule has 0 saturated carbocycles. The highest BCUT2D eigenvalue weighted by atomic mass is 32.3. The van der Waals surface area contributed by atoms with E-state index in [-0.39, 0.29) is 23.1 Å². The van der Waals surface area contributed by atoms with Gasteiger partial charge in [0, 0.05) is 6.42 Å². The third-order valence-corrected chi connectivity index (χ3v) is 14.9.